The van der Waals surface area contributed by atoms with Gasteiger partial charge in [0.25, 0.3) is 5.56 Å². The third-order valence-electron chi connectivity index (χ3n) is 6.57. The number of aromatic amines is 2. The van der Waals surface area contributed by atoms with Gasteiger partial charge >= 0.3 is 11.4 Å². The van der Waals surface area contributed by atoms with Gasteiger partial charge in [-0.05, 0) is 35.9 Å². The molecule has 0 saturated heterocycles. The molecule has 0 radical (unpaired) electrons. The highest BCUT2D eigenvalue weighted by Gasteiger charge is 2.22. The largest absolute Gasteiger partial charge is 0.496 e. The highest BCUT2D eigenvalue weighted by molar-refractivity contribution is 6.33. The summed E-state index contributed by atoms with van der Waals surface area (Å²) in [7, 11) is 2.92. The van der Waals surface area contributed by atoms with E-state index in [9.17, 15) is 27.6 Å². The van der Waals surface area contributed by atoms with E-state index in [1.54, 1.807) is 7.05 Å². The molecule has 6 rings (SSSR count). The number of pyridine rings is 1. The van der Waals surface area contributed by atoms with Crippen LogP contribution in [0.4, 0.5) is 13.2 Å². The molecule has 214 valence electrons. The number of H-pyrrole nitrogens is 2. The second kappa shape index (κ2) is 10.0. The Morgan fingerprint density at radius 1 is 0.976 bits per heavy atom. The van der Waals surface area contributed by atoms with E-state index in [0.717, 1.165) is 21.3 Å². The van der Waals surface area contributed by atoms with Gasteiger partial charge in [0.1, 0.15) is 17.5 Å². The van der Waals surface area contributed by atoms with Crippen LogP contribution in [-0.2, 0) is 20.1 Å². The Labute approximate surface area is 236 Å². The van der Waals surface area contributed by atoms with Gasteiger partial charge in [0.2, 0.25) is 0 Å². The zero-order chi connectivity index (χ0) is 29.9. The number of nitrogens with one attached hydrogen (secondary N) is 2. The molecule has 4 heterocycles. The van der Waals surface area contributed by atoms with Gasteiger partial charge in [-0.3, -0.25) is 23.6 Å². The van der Waals surface area contributed by atoms with Gasteiger partial charge in [-0.25, -0.2) is 32.7 Å². The summed E-state index contributed by atoms with van der Waals surface area (Å²) < 4.78 is 50.8. The van der Waals surface area contributed by atoms with Gasteiger partial charge in [0.05, 0.1) is 41.9 Å². The van der Waals surface area contributed by atoms with Crippen molar-refractivity contribution in [1.29, 1.82) is 0 Å². The molecule has 0 bridgehead atoms. The molecular formula is C26H18ClF3N8O4. The fraction of sp³-hybridized carbons (Fsp3) is 0.154. The Kier molecular flexibility index (Phi) is 6.45. The normalized spacial score (nSPS) is 11.6. The minimum absolute atomic E-state index is 0.00949. The van der Waals surface area contributed by atoms with Gasteiger partial charge < -0.3 is 9.72 Å². The Hall–Kier alpha value is -5.18. The van der Waals surface area contributed by atoms with Crippen LogP contribution in [0, 0.1) is 17.5 Å². The summed E-state index contributed by atoms with van der Waals surface area (Å²) in [5.41, 5.74) is -1.18. The maximum Gasteiger partial charge on any atom is 0.332 e. The molecule has 0 spiro atoms. The van der Waals surface area contributed by atoms with Crippen molar-refractivity contribution < 1.29 is 17.9 Å². The molecule has 0 aliphatic rings. The summed E-state index contributed by atoms with van der Waals surface area (Å²) in [6, 6.07) is 5.89. The van der Waals surface area contributed by atoms with Crippen molar-refractivity contribution in [1.82, 2.24) is 38.9 Å². The number of hydrogen-bond acceptors (Lipinski definition) is 7. The lowest BCUT2D eigenvalue weighted by Gasteiger charge is -2.17. The van der Waals surface area contributed by atoms with E-state index in [0.29, 0.717) is 11.1 Å². The van der Waals surface area contributed by atoms with Crippen LogP contribution in [0.25, 0.3) is 33.3 Å². The smallest absolute Gasteiger partial charge is 0.332 e. The fourth-order valence-electron chi connectivity index (χ4n) is 4.71. The predicted octanol–water partition coefficient (Wildman–Crippen LogP) is 2.70. The van der Waals surface area contributed by atoms with Crippen LogP contribution in [0.2, 0.25) is 5.02 Å². The first-order chi connectivity index (χ1) is 20.0. The molecule has 0 atom stereocenters. The first-order valence-electron chi connectivity index (χ1n) is 12.2. The second-order valence-electron chi connectivity index (χ2n) is 9.33. The van der Waals surface area contributed by atoms with Crippen LogP contribution >= 0.6 is 11.6 Å². The van der Waals surface area contributed by atoms with Crippen molar-refractivity contribution >= 4 is 33.7 Å². The molecule has 0 aliphatic carbocycles. The second-order valence-corrected chi connectivity index (χ2v) is 9.74. The molecule has 0 saturated carbocycles. The standard InChI is InChI=1S/C26H18ClF3N8O4/c1-36-10-31-19(35-36)9-38-24(39)20-17(37(26(38)41)8-11-3-14(28)21(30)15(29)4-11)5-12(6-18(20)42-2)22-13(27)7-16-23(33-22)34-25(40)32-16/h3-7,10H,8-9H2,1-2H3,(H2,32,33,34,40). The number of halogens is 4. The number of ether oxygens (including phenoxy) is 1. The lowest BCUT2D eigenvalue weighted by molar-refractivity contribution is 0.418. The van der Waals surface area contributed by atoms with Crippen LogP contribution in [0.5, 0.6) is 5.75 Å². The molecule has 0 aliphatic heterocycles. The number of methoxy groups -OCH3 is 1. The molecule has 6 aromatic rings. The van der Waals surface area contributed by atoms with E-state index in [1.165, 1.54) is 36.3 Å². The van der Waals surface area contributed by atoms with E-state index in [-0.39, 0.29) is 50.9 Å². The molecule has 0 amide bonds. The first kappa shape index (κ1) is 27.0. The van der Waals surface area contributed by atoms with Crippen molar-refractivity contribution in [2.75, 3.05) is 7.11 Å². The third-order valence-corrected chi connectivity index (χ3v) is 6.86. The maximum absolute atomic E-state index is 14.1. The van der Waals surface area contributed by atoms with E-state index in [4.69, 9.17) is 16.3 Å². The molecule has 0 fully saturated rings. The topological polar surface area (TPSA) is 145 Å². The van der Waals surface area contributed by atoms with Crippen molar-refractivity contribution in [2.45, 2.75) is 13.1 Å². The Morgan fingerprint density at radius 3 is 2.38 bits per heavy atom. The monoisotopic (exact) mass is 598 g/mol. The number of nitrogens with zero attached hydrogens (tertiary/aromatic N) is 6. The number of aromatic nitrogens is 8. The molecule has 4 aromatic heterocycles. The van der Waals surface area contributed by atoms with Crippen molar-refractivity contribution in [2.24, 2.45) is 7.05 Å². The average Bonchev–Trinajstić information content (AvgIpc) is 3.53. The van der Waals surface area contributed by atoms with Gasteiger partial charge in [-0.1, -0.05) is 11.6 Å². The van der Waals surface area contributed by atoms with E-state index in [1.807, 2.05) is 0 Å². The van der Waals surface area contributed by atoms with Crippen LogP contribution in [0.1, 0.15) is 11.4 Å². The van der Waals surface area contributed by atoms with Crippen LogP contribution in [0.3, 0.4) is 0 Å². The summed E-state index contributed by atoms with van der Waals surface area (Å²) in [6.45, 7) is -0.784. The molecule has 12 nitrogen and oxygen atoms in total. The Bertz CT molecular complexity index is 2210. The first-order valence-corrected chi connectivity index (χ1v) is 12.5. The van der Waals surface area contributed by atoms with E-state index >= 15 is 0 Å². The maximum atomic E-state index is 14.1. The van der Waals surface area contributed by atoms with Gasteiger partial charge in [0.15, 0.2) is 28.9 Å². The summed E-state index contributed by atoms with van der Waals surface area (Å²) >= 11 is 6.48. The zero-order valence-electron chi connectivity index (χ0n) is 21.7. The summed E-state index contributed by atoms with van der Waals surface area (Å²) in [4.78, 5) is 52.9. The quantitative estimate of drug-likeness (QED) is 0.280. The number of fused-ring (bicyclic) bond motifs is 2. The Balaban J connectivity index is 1.65. The third kappa shape index (κ3) is 4.52. The van der Waals surface area contributed by atoms with E-state index < -0.39 is 40.9 Å². The van der Waals surface area contributed by atoms with Crippen molar-refractivity contribution in [3.63, 3.8) is 0 Å². The molecule has 0 unspecified atom stereocenters. The van der Waals surface area contributed by atoms with Crippen LogP contribution < -0.4 is 21.7 Å². The SMILES string of the molecule is COc1cc(-c2nc3[nH]c(=O)[nH]c3cc2Cl)cc2c1c(=O)n(Cc1ncn(C)n1)c(=O)n2Cc1cc(F)c(F)c(F)c1. The van der Waals surface area contributed by atoms with Crippen molar-refractivity contribution in [3.8, 4) is 17.0 Å². The number of hydrogen-bond donors (Lipinski definition) is 2. The molecular weight excluding hydrogens is 581 g/mol. The van der Waals surface area contributed by atoms with Crippen LogP contribution in [0.15, 0.2) is 51.0 Å². The number of aryl methyl sites for hydroxylation is 1. The summed E-state index contributed by atoms with van der Waals surface area (Å²) in [5, 5.41) is 4.20. The number of imidazole rings is 1. The molecule has 2 aromatic carbocycles. The minimum atomic E-state index is -1.66. The number of benzene rings is 2. The molecule has 2 N–H and O–H groups in total. The predicted molar refractivity (Wildman–Crippen MR) is 145 cm³/mol. The molecule has 16 heteroatoms. The Morgan fingerprint density at radius 2 is 1.71 bits per heavy atom. The van der Waals surface area contributed by atoms with Crippen LogP contribution in [-0.4, -0.2) is 46.0 Å². The highest BCUT2D eigenvalue weighted by atomic mass is 35.5. The number of rotatable bonds is 6. The highest BCUT2D eigenvalue weighted by Crippen LogP contribution is 2.34. The lowest BCUT2D eigenvalue weighted by Crippen LogP contribution is -2.41. The van der Waals surface area contributed by atoms with Gasteiger partial charge in [0, 0.05) is 12.6 Å². The fourth-order valence-corrected chi connectivity index (χ4v) is 4.97. The van der Waals surface area contributed by atoms with Crippen molar-refractivity contribution in [3.05, 3.63) is 102 Å². The van der Waals surface area contributed by atoms with E-state index in [2.05, 4.69) is 25.0 Å². The summed E-state index contributed by atoms with van der Waals surface area (Å²) in [5.74, 6) is -4.37. The minimum Gasteiger partial charge on any atom is -0.496 e. The summed E-state index contributed by atoms with van der Waals surface area (Å²) in [6.07, 6.45) is 1.39. The van der Waals surface area contributed by atoms with Gasteiger partial charge in [-0.15, -0.1) is 0 Å². The average molecular weight is 599 g/mol. The zero-order valence-corrected chi connectivity index (χ0v) is 22.5. The molecule has 42 heavy (non-hydrogen) atoms. The van der Waals surface area contributed by atoms with Gasteiger partial charge in [-0.2, -0.15) is 5.10 Å². The lowest BCUT2D eigenvalue weighted by atomic mass is 10.1.